The first kappa shape index (κ1) is 11.0. The lowest BCUT2D eigenvalue weighted by Crippen LogP contribution is -2.16. The molecule has 0 amide bonds. The summed E-state index contributed by atoms with van der Waals surface area (Å²) in [6, 6.07) is 1.86. The maximum atomic E-state index is 12.0. The predicted molar refractivity (Wildman–Crippen MR) is 56.3 cm³/mol. The van der Waals surface area contributed by atoms with Crippen LogP contribution in [-0.4, -0.2) is 15.6 Å². The monoisotopic (exact) mass is 194 g/mol. The van der Waals surface area contributed by atoms with Gasteiger partial charge in [0, 0.05) is 13.0 Å². The molecule has 0 radical (unpaired) electrons. The van der Waals surface area contributed by atoms with E-state index >= 15 is 0 Å². The molecule has 0 aliphatic rings. The summed E-state index contributed by atoms with van der Waals surface area (Å²) in [7, 11) is 1.82. The van der Waals surface area contributed by atoms with Crippen LogP contribution < -0.4 is 0 Å². The fourth-order valence-electron chi connectivity index (χ4n) is 1.71. The van der Waals surface area contributed by atoms with E-state index in [1.54, 1.807) is 4.68 Å². The molecule has 0 saturated carbocycles. The summed E-state index contributed by atoms with van der Waals surface area (Å²) in [5.41, 5.74) is 1.64. The van der Waals surface area contributed by atoms with E-state index in [4.69, 9.17) is 0 Å². The number of hydrogen-bond donors (Lipinski definition) is 0. The zero-order valence-corrected chi connectivity index (χ0v) is 9.37. The van der Waals surface area contributed by atoms with Crippen LogP contribution in [0.5, 0.6) is 0 Å². The molecular weight excluding hydrogens is 176 g/mol. The minimum atomic E-state index is 0.143. The highest BCUT2D eigenvalue weighted by atomic mass is 16.1. The molecule has 0 aliphatic carbocycles. The van der Waals surface area contributed by atoms with Crippen molar-refractivity contribution < 1.29 is 4.79 Å². The number of carbonyl (C=O) groups is 1. The van der Waals surface area contributed by atoms with Gasteiger partial charge in [0.1, 0.15) is 5.69 Å². The number of aryl methyl sites for hydroxylation is 2. The van der Waals surface area contributed by atoms with E-state index in [9.17, 15) is 4.79 Å². The molecule has 1 aromatic heterocycles. The van der Waals surface area contributed by atoms with Crippen molar-refractivity contribution in [1.82, 2.24) is 9.78 Å². The third-order valence-corrected chi connectivity index (χ3v) is 2.61. The fraction of sp³-hybridized carbons (Fsp3) is 0.636. The molecule has 0 bridgehead atoms. The molecule has 3 heteroatoms. The number of nitrogens with zero attached hydrogens (tertiary/aromatic N) is 2. The molecule has 0 aliphatic heterocycles. The zero-order valence-electron chi connectivity index (χ0n) is 9.37. The molecule has 78 valence electrons. The summed E-state index contributed by atoms with van der Waals surface area (Å²) in [6.07, 6.45) is 1.80. The molecule has 14 heavy (non-hydrogen) atoms. The normalized spacial score (nSPS) is 10.9. The first-order valence-corrected chi connectivity index (χ1v) is 5.15. The summed E-state index contributed by atoms with van der Waals surface area (Å²) in [5.74, 6) is 0.364. The van der Waals surface area contributed by atoms with Crippen molar-refractivity contribution in [2.24, 2.45) is 13.0 Å². The maximum Gasteiger partial charge on any atom is 0.183 e. The quantitative estimate of drug-likeness (QED) is 0.689. The molecule has 0 fully saturated rings. The minimum absolute atomic E-state index is 0.143. The Kier molecular flexibility index (Phi) is 3.44. The van der Waals surface area contributed by atoms with Gasteiger partial charge in [-0.1, -0.05) is 13.8 Å². The van der Waals surface area contributed by atoms with Crippen LogP contribution in [0.25, 0.3) is 0 Å². The molecule has 1 rings (SSSR count). The minimum Gasteiger partial charge on any atom is -0.292 e. The molecule has 0 saturated heterocycles. The van der Waals surface area contributed by atoms with E-state index in [2.05, 4.69) is 18.9 Å². The van der Waals surface area contributed by atoms with Gasteiger partial charge in [0.25, 0.3) is 0 Å². The standard InChI is InChI=1S/C11H18N2O/c1-5-9(6-2)11(14)10-7-8(3)12-13(10)4/h7,9H,5-6H2,1-4H3. The van der Waals surface area contributed by atoms with Crippen LogP contribution in [0, 0.1) is 12.8 Å². The lowest BCUT2D eigenvalue weighted by molar-refractivity contribution is 0.0903. The summed E-state index contributed by atoms with van der Waals surface area (Å²) >= 11 is 0. The van der Waals surface area contributed by atoms with Crippen molar-refractivity contribution in [2.75, 3.05) is 0 Å². The molecule has 0 unspecified atom stereocenters. The van der Waals surface area contributed by atoms with E-state index in [1.165, 1.54) is 0 Å². The van der Waals surface area contributed by atoms with Crippen LogP contribution >= 0.6 is 0 Å². The van der Waals surface area contributed by atoms with Gasteiger partial charge in [0.15, 0.2) is 5.78 Å². The Balaban J connectivity index is 2.93. The van der Waals surface area contributed by atoms with Gasteiger partial charge in [-0.05, 0) is 25.8 Å². The van der Waals surface area contributed by atoms with Gasteiger partial charge in [-0.2, -0.15) is 5.10 Å². The summed E-state index contributed by atoms with van der Waals surface area (Å²) < 4.78 is 1.68. The van der Waals surface area contributed by atoms with E-state index in [0.29, 0.717) is 0 Å². The van der Waals surface area contributed by atoms with Crippen molar-refractivity contribution in [1.29, 1.82) is 0 Å². The highest BCUT2D eigenvalue weighted by molar-refractivity contribution is 5.96. The lowest BCUT2D eigenvalue weighted by Gasteiger charge is -2.10. The zero-order chi connectivity index (χ0) is 10.7. The molecular formula is C11H18N2O. The first-order valence-electron chi connectivity index (χ1n) is 5.15. The van der Waals surface area contributed by atoms with Gasteiger partial charge in [-0.3, -0.25) is 9.48 Å². The highest BCUT2D eigenvalue weighted by Crippen LogP contribution is 2.15. The topological polar surface area (TPSA) is 34.9 Å². The number of carbonyl (C=O) groups excluding carboxylic acids is 1. The van der Waals surface area contributed by atoms with Crippen molar-refractivity contribution >= 4 is 5.78 Å². The van der Waals surface area contributed by atoms with Crippen molar-refractivity contribution in [3.8, 4) is 0 Å². The van der Waals surface area contributed by atoms with Gasteiger partial charge in [0.2, 0.25) is 0 Å². The smallest absolute Gasteiger partial charge is 0.183 e. The molecule has 0 aromatic carbocycles. The maximum absolute atomic E-state index is 12.0. The summed E-state index contributed by atoms with van der Waals surface area (Å²) in [4.78, 5) is 12.0. The molecule has 1 heterocycles. The average Bonchev–Trinajstić information content (AvgIpc) is 2.47. The van der Waals surface area contributed by atoms with Gasteiger partial charge < -0.3 is 0 Å². The van der Waals surface area contributed by atoms with E-state index in [1.807, 2.05) is 20.0 Å². The van der Waals surface area contributed by atoms with Crippen LogP contribution in [0.15, 0.2) is 6.07 Å². The van der Waals surface area contributed by atoms with Crippen LogP contribution in [0.2, 0.25) is 0 Å². The van der Waals surface area contributed by atoms with E-state index in [0.717, 1.165) is 24.2 Å². The fourth-order valence-corrected chi connectivity index (χ4v) is 1.71. The molecule has 0 spiro atoms. The Morgan fingerprint density at radius 2 is 2.07 bits per heavy atom. The SMILES string of the molecule is CCC(CC)C(=O)c1cc(C)nn1C. The number of aromatic nitrogens is 2. The Morgan fingerprint density at radius 1 is 1.50 bits per heavy atom. The van der Waals surface area contributed by atoms with E-state index in [-0.39, 0.29) is 11.7 Å². The number of hydrogen-bond acceptors (Lipinski definition) is 2. The molecule has 1 aromatic rings. The van der Waals surface area contributed by atoms with Crippen molar-refractivity contribution in [3.05, 3.63) is 17.5 Å². The second-order valence-corrected chi connectivity index (χ2v) is 3.67. The Labute approximate surface area is 85.1 Å². The third kappa shape index (κ3) is 2.03. The average molecular weight is 194 g/mol. The van der Waals surface area contributed by atoms with E-state index < -0.39 is 0 Å². The second-order valence-electron chi connectivity index (χ2n) is 3.67. The van der Waals surface area contributed by atoms with Crippen LogP contribution in [0.4, 0.5) is 0 Å². The van der Waals surface area contributed by atoms with Gasteiger partial charge >= 0.3 is 0 Å². The lowest BCUT2D eigenvalue weighted by atomic mass is 9.96. The Morgan fingerprint density at radius 3 is 2.43 bits per heavy atom. The Hall–Kier alpha value is -1.12. The number of Topliss-reactive ketones (excluding diaryl/α,β-unsaturated/α-hetero) is 1. The largest absolute Gasteiger partial charge is 0.292 e. The van der Waals surface area contributed by atoms with Gasteiger partial charge in [-0.25, -0.2) is 0 Å². The summed E-state index contributed by atoms with van der Waals surface area (Å²) in [6.45, 7) is 6.01. The van der Waals surface area contributed by atoms with Crippen molar-refractivity contribution in [3.63, 3.8) is 0 Å². The van der Waals surface area contributed by atoms with Crippen molar-refractivity contribution in [2.45, 2.75) is 33.6 Å². The highest BCUT2D eigenvalue weighted by Gasteiger charge is 2.19. The van der Waals surface area contributed by atoms with Gasteiger partial charge in [-0.15, -0.1) is 0 Å². The van der Waals surface area contributed by atoms with Crippen LogP contribution in [-0.2, 0) is 7.05 Å². The molecule has 3 nitrogen and oxygen atoms in total. The van der Waals surface area contributed by atoms with Crippen LogP contribution in [0.3, 0.4) is 0 Å². The predicted octanol–water partition coefficient (Wildman–Crippen LogP) is 2.35. The number of ketones is 1. The van der Waals surface area contributed by atoms with Crippen LogP contribution in [0.1, 0.15) is 42.9 Å². The Bertz CT molecular complexity index is 324. The number of rotatable bonds is 4. The third-order valence-electron chi connectivity index (χ3n) is 2.61. The second kappa shape index (κ2) is 4.40. The first-order chi connectivity index (χ1) is 6.60. The molecule has 0 atom stereocenters. The molecule has 0 N–H and O–H groups in total. The van der Waals surface area contributed by atoms with Gasteiger partial charge in [0.05, 0.1) is 5.69 Å². The summed E-state index contributed by atoms with van der Waals surface area (Å²) in [5, 5.41) is 4.18.